The molecule has 1 heterocycles. The molecule has 0 aliphatic rings. The van der Waals surface area contributed by atoms with Gasteiger partial charge in [0.05, 0.1) is 12.4 Å². The highest BCUT2D eigenvalue weighted by Crippen LogP contribution is 2.28. The van der Waals surface area contributed by atoms with Crippen molar-refractivity contribution < 1.29 is 13.5 Å². The van der Waals surface area contributed by atoms with Crippen LogP contribution >= 0.6 is 15.9 Å². The predicted molar refractivity (Wildman–Crippen MR) is 67.0 cm³/mol. The van der Waals surface area contributed by atoms with Gasteiger partial charge in [-0.25, -0.2) is 8.78 Å². The maximum atomic E-state index is 13.7. The maximum absolute atomic E-state index is 13.7. The molecule has 0 unspecified atom stereocenters. The molecular weight excluding hydrogens is 306 g/mol. The summed E-state index contributed by atoms with van der Waals surface area (Å²) in [4.78, 5) is 0. The molecule has 3 nitrogen and oxygen atoms in total. The van der Waals surface area contributed by atoms with E-state index in [1.165, 1.54) is 18.3 Å². The molecule has 0 atom stereocenters. The first kappa shape index (κ1) is 13.0. The van der Waals surface area contributed by atoms with E-state index in [0.29, 0.717) is 23.2 Å². The van der Waals surface area contributed by atoms with Gasteiger partial charge in [-0.15, -0.1) is 0 Å². The van der Waals surface area contributed by atoms with E-state index in [2.05, 4.69) is 21.0 Å². The standard InChI is InChI=1S/C12H11BrF2N2O/c1-2-17-7-9(6-16-17)18-12-10(14)3-8(5-13)4-11(12)15/h3-4,6-7H,2,5H2,1H3. The topological polar surface area (TPSA) is 27.1 Å². The van der Waals surface area contributed by atoms with E-state index in [0.717, 1.165) is 0 Å². The molecule has 1 aromatic carbocycles. The fourth-order valence-corrected chi connectivity index (χ4v) is 1.80. The number of benzene rings is 1. The van der Waals surface area contributed by atoms with Crippen molar-refractivity contribution in [1.82, 2.24) is 9.78 Å². The zero-order chi connectivity index (χ0) is 13.1. The van der Waals surface area contributed by atoms with E-state index in [4.69, 9.17) is 4.74 Å². The number of aryl methyl sites for hydroxylation is 1. The number of hydrogen-bond acceptors (Lipinski definition) is 2. The Labute approximate surface area is 112 Å². The highest BCUT2D eigenvalue weighted by Gasteiger charge is 2.14. The van der Waals surface area contributed by atoms with E-state index in [1.807, 2.05) is 6.92 Å². The number of alkyl halides is 1. The molecular formula is C12H11BrF2N2O. The first-order valence-electron chi connectivity index (χ1n) is 5.38. The van der Waals surface area contributed by atoms with Crippen molar-refractivity contribution in [1.29, 1.82) is 0 Å². The molecule has 0 radical (unpaired) electrons. The van der Waals surface area contributed by atoms with E-state index in [1.54, 1.807) is 10.9 Å². The molecule has 0 aliphatic heterocycles. The fourth-order valence-electron chi connectivity index (χ4n) is 1.48. The lowest BCUT2D eigenvalue weighted by molar-refractivity contribution is 0.406. The zero-order valence-electron chi connectivity index (χ0n) is 9.66. The summed E-state index contributed by atoms with van der Waals surface area (Å²) in [5, 5.41) is 4.35. The van der Waals surface area contributed by atoms with Crippen LogP contribution < -0.4 is 4.74 Å². The Hall–Kier alpha value is -1.43. The van der Waals surface area contributed by atoms with Gasteiger partial charge in [-0.3, -0.25) is 4.68 Å². The second kappa shape index (κ2) is 5.48. The van der Waals surface area contributed by atoms with Crippen molar-refractivity contribution in [2.75, 3.05) is 0 Å². The molecule has 0 bridgehead atoms. The van der Waals surface area contributed by atoms with Gasteiger partial charge in [-0.1, -0.05) is 15.9 Å². The van der Waals surface area contributed by atoms with E-state index < -0.39 is 17.4 Å². The molecule has 0 amide bonds. The van der Waals surface area contributed by atoms with Gasteiger partial charge in [0.25, 0.3) is 0 Å². The van der Waals surface area contributed by atoms with Gasteiger partial charge in [0.1, 0.15) is 0 Å². The number of ether oxygens (including phenoxy) is 1. The van der Waals surface area contributed by atoms with Crippen LogP contribution in [0.25, 0.3) is 0 Å². The molecule has 2 aromatic rings. The van der Waals surface area contributed by atoms with Crippen LogP contribution in [0.2, 0.25) is 0 Å². The second-order valence-electron chi connectivity index (χ2n) is 3.66. The Morgan fingerprint density at radius 2 is 2.00 bits per heavy atom. The lowest BCUT2D eigenvalue weighted by atomic mass is 10.2. The van der Waals surface area contributed by atoms with Crippen LogP contribution in [0.5, 0.6) is 11.5 Å². The van der Waals surface area contributed by atoms with Gasteiger partial charge < -0.3 is 4.74 Å². The third kappa shape index (κ3) is 2.69. The molecule has 2 rings (SSSR count). The van der Waals surface area contributed by atoms with Crippen molar-refractivity contribution in [3.8, 4) is 11.5 Å². The average Bonchev–Trinajstić information content (AvgIpc) is 2.81. The van der Waals surface area contributed by atoms with Crippen LogP contribution in [-0.4, -0.2) is 9.78 Å². The molecule has 0 aliphatic carbocycles. The van der Waals surface area contributed by atoms with Crippen LogP contribution in [0.4, 0.5) is 8.78 Å². The quantitative estimate of drug-likeness (QED) is 0.801. The minimum atomic E-state index is -0.728. The summed E-state index contributed by atoms with van der Waals surface area (Å²) < 4.78 is 34.1. The minimum Gasteiger partial charge on any atom is -0.448 e. The lowest BCUT2D eigenvalue weighted by Crippen LogP contribution is -1.95. The molecule has 0 saturated carbocycles. The molecule has 0 saturated heterocycles. The molecule has 1 aromatic heterocycles. The van der Waals surface area contributed by atoms with Crippen molar-refractivity contribution in [2.24, 2.45) is 0 Å². The SMILES string of the molecule is CCn1cc(Oc2c(F)cc(CBr)cc2F)cn1. The highest BCUT2D eigenvalue weighted by atomic mass is 79.9. The third-order valence-electron chi connectivity index (χ3n) is 2.37. The first-order valence-corrected chi connectivity index (χ1v) is 6.50. The molecule has 0 fully saturated rings. The van der Waals surface area contributed by atoms with E-state index >= 15 is 0 Å². The largest absolute Gasteiger partial charge is 0.448 e. The molecule has 6 heteroatoms. The summed E-state index contributed by atoms with van der Waals surface area (Å²) >= 11 is 3.14. The summed E-state index contributed by atoms with van der Waals surface area (Å²) in [7, 11) is 0. The molecule has 18 heavy (non-hydrogen) atoms. The summed E-state index contributed by atoms with van der Waals surface area (Å²) in [6.07, 6.45) is 3.00. The van der Waals surface area contributed by atoms with Gasteiger partial charge >= 0.3 is 0 Å². The summed E-state index contributed by atoms with van der Waals surface area (Å²) in [6.45, 7) is 2.57. The molecule has 96 valence electrons. The van der Waals surface area contributed by atoms with Gasteiger partial charge in [-0.05, 0) is 24.6 Å². The Morgan fingerprint density at radius 3 is 2.50 bits per heavy atom. The van der Waals surface area contributed by atoms with Crippen LogP contribution in [0.1, 0.15) is 12.5 Å². The second-order valence-corrected chi connectivity index (χ2v) is 4.22. The van der Waals surface area contributed by atoms with E-state index in [9.17, 15) is 8.78 Å². The lowest BCUT2D eigenvalue weighted by Gasteiger charge is -2.07. The zero-order valence-corrected chi connectivity index (χ0v) is 11.2. The minimum absolute atomic E-state index is 0.307. The van der Waals surface area contributed by atoms with Gasteiger partial charge in [0, 0.05) is 11.9 Å². The Bertz CT molecular complexity index is 534. The van der Waals surface area contributed by atoms with Crippen molar-refractivity contribution in [3.63, 3.8) is 0 Å². The normalized spacial score (nSPS) is 10.7. The number of hydrogen-bond donors (Lipinski definition) is 0. The van der Waals surface area contributed by atoms with Crippen LogP contribution in [0, 0.1) is 11.6 Å². The summed E-state index contributed by atoms with van der Waals surface area (Å²) in [5.41, 5.74) is 0.515. The monoisotopic (exact) mass is 316 g/mol. The summed E-state index contributed by atoms with van der Waals surface area (Å²) in [5.74, 6) is -1.56. The highest BCUT2D eigenvalue weighted by molar-refractivity contribution is 9.08. The maximum Gasteiger partial charge on any atom is 0.198 e. The third-order valence-corrected chi connectivity index (χ3v) is 3.01. The van der Waals surface area contributed by atoms with Crippen molar-refractivity contribution in [3.05, 3.63) is 41.7 Å². The Morgan fingerprint density at radius 1 is 1.33 bits per heavy atom. The van der Waals surface area contributed by atoms with Crippen LogP contribution in [-0.2, 0) is 11.9 Å². The number of rotatable bonds is 4. The van der Waals surface area contributed by atoms with Crippen LogP contribution in [0.15, 0.2) is 24.5 Å². The smallest absolute Gasteiger partial charge is 0.198 e. The average molecular weight is 317 g/mol. The van der Waals surface area contributed by atoms with E-state index in [-0.39, 0.29) is 0 Å². The van der Waals surface area contributed by atoms with Gasteiger partial charge in [0.15, 0.2) is 23.1 Å². The molecule has 0 spiro atoms. The predicted octanol–water partition coefficient (Wildman–Crippen LogP) is 3.87. The molecule has 0 N–H and O–H groups in total. The Kier molecular flexibility index (Phi) is 3.96. The summed E-state index contributed by atoms with van der Waals surface area (Å²) in [6, 6.07) is 2.47. The van der Waals surface area contributed by atoms with Crippen molar-refractivity contribution in [2.45, 2.75) is 18.8 Å². The van der Waals surface area contributed by atoms with Gasteiger partial charge in [-0.2, -0.15) is 5.10 Å². The van der Waals surface area contributed by atoms with Crippen molar-refractivity contribution >= 4 is 15.9 Å². The van der Waals surface area contributed by atoms with Crippen LogP contribution in [0.3, 0.4) is 0 Å². The Balaban J connectivity index is 2.28. The number of halogens is 3. The van der Waals surface area contributed by atoms with Gasteiger partial charge in [0.2, 0.25) is 0 Å². The first-order chi connectivity index (χ1) is 8.63. The number of nitrogens with zero attached hydrogens (tertiary/aromatic N) is 2. The number of aromatic nitrogens is 2. The fraction of sp³-hybridized carbons (Fsp3) is 0.250.